The molecule has 0 bridgehead atoms. The molecule has 1 fully saturated rings. The SMILES string of the molecule is CCCCOc1ccc(C(N)C2CCCN2)cc1. The first-order valence-electron chi connectivity index (χ1n) is 7.03. The van der Waals surface area contributed by atoms with Crippen LogP contribution < -0.4 is 15.8 Å². The number of benzene rings is 1. The number of rotatable bonds is 6. The number of hydrogen-bond acceptors (Lipinski definition) is 3. The molecule has 100 valence electrons. The molecule has 1 saturated heterocycles. The van der Waals surface area contributed by atoms with Crippen LogP contribution in [0.25, 0.3) is 0 Å². The highest BCUT2D eigenvalue weighted by atomic mass is 16.5. The molecule has 0 radical (unpaired) electrons. The Morgan fingerprint density at radius 2 is 2.17 bits per heavy atom. The fourth-order valence-electron chi connectivity index (χ4n) is 2.37. The number of nitrogens with two attached hydrogens (primary N) is 1. The van der Waals surface area contributed by atoms with Crippen LogP contribution in [0.2, 0.25) is 0 Å². The molecule has 0 spiro atoms. The van der Waals surface area contributed by atoms with Crippen molar-refractivity contribution in [1.82, 2.24) is 5.32 Å². The van der Waals surface area contributed by atoms with E-state index in [0.29, 0.717) is 6.04 Å². The van der Waals surface area contributed by atoms with Crippen molar-refractivity contribution in [3.05, 3.63) is 29.8 Å². The average molecular weight is 248 g/mol. The van der Waals surface area contributed by atoms with Gasteiger partial charge in [-0.25, -0.2) is 0 Å². The smallest absolute Gasteiger partial charge is 0.119 e. The highest BCUT2D eigenvalue weighted by Crippen LogP contribution is 2.23. The summed E-state index contributed by atoms with van der Waals surface area (Å²) in [5, 5.41) is 3.46. The monoisotopic (exact) mass is 248 g/mol. The van der Waals surface area contributed by atoms with Gasteiger partial charge in [-0.1, -0.05) is 25.5 Å². The summed E-state index contributed by atoms with van der Waals surface area (Å²) in [6, 6.07) is 8.76. The van der Waals surface area contributed by atoms with Crippen LogP contribution in [-0.2, 0) is 0 Å². The van der Waals surface area contributed by atoms with Crippen molar-refractivity contribution in [3.8, 4) is 5.75 Å². The molecule has 18 heavy (non-hydrogen) atoms. The predicted octanol–water partition coefficient (Wildman–Crippen LogP) is 2.62. The zero-order valence-corrected chi connectivity index (χ0v) is 11.2. The topological polar surface area (TPSA) is 47.3 Å². The fourth-order valence-corrected chi connectivity index (χ4v) is 2.37. The molecule has 0 aliphatic carbocycles. The molecule has 2 atom stereocenters. The molecule has 1 aromatic carbocycles. The standard InChI is InChI=1S/C15H24N2O/c1-2-3-11-18-13-8-6-12(7-9-13)15(16)14-5-4-10-17-14/h6-9,14-15,17H,2-5,10-11,16H2,1H3. The summed E-state index contributed by atoms with van der Waals surface area (Å²) in [5.41, 5.74) is 7.46. The van der Waals surface area contributed by atoms with Crippen molar-refractivity contribution in [3.63, 3.8) is 0 Å². The van der Waals surface area contributed by atoms with Gasteiger partial charge in [0.1, 0.15) is 5.75 Å². The van der Waals surface area contributed by atoms with Crippen LogP contribution >= 0.6 is 0 Å². The van der Waals surface area contributed by atoms with E-state index < -0.39 is 0 Å². The third-order valence-corrected chi connectivity index (χ3v) is 3.56. The molecule has 3 nitrogen and oxygen atoms in total. The minimum atomic E-state index is 0.0946. The van der Waals surface area contributed by atoms with Gasteiger partial charge in [0.2, 0.25) is 0 Å². The van der Waals surface area contributed by atoms with Gasteiger partial charge in [-0.2, -0.15) is 0 Å². The Bertz CT molecular complexity index is 344. The molecule has 1 aliphatic heterocycles. The molecule has 0 amide bonds. The zero-order chi connectivity index (χ0) is 12.8. The van der Waals surface area contributed by atoms with Gasteiger partial charge < -0.3 is 15.8 Å². The van der Waals surface area contributed by atoms with Crippen molar-refractivity contribution in [1.29, 1.82) is 0 Å². The van der Waals surface area contributed by atoms with E-state index in [9.17, 15) is 0 Å². The predicted molar refractivity (Wildman–Crippen MR) is 74.8 cm³/mol. The lowest BCUT2D eigenvalue weighted by atomic mass is 9.99. The molecule has 3 heteroatoms. The van der Waals surface area contributed by atoms with Gasteiger partial charge in [-0.3, -0.25) is 0 Å². The van der Waals surface area contributed by atoms with E-state index in [4.69, 9.17) is 10.5 Å². The second-order valence-electron chi connectivity index (χ2n) is 5.00. The summed E-state index contributed by atoms with van der Waals surface area (Å²) in [6.07, 6.45) is 4.68. The van der Waals surface area contributed by atoms with E-state index in [1.807, 2.05) is 12.1 Å². The molecule has 3 N–H and O–H groups in total. The first-order chi connectivity index (χ1) is 8.81. The van der Waals surface area contributed by atoms with Gasteiger partial charge in [-0.15, -0.1) is 0 Å². The lowest BCUT2D eigenvalue weighted by Crippen LogP contribution is -2.34. The number of unbranched alkanes of at least 4 members (excludes halogenated alkanes) is 1. The van der Waals surface area contributed by atoms with E-state index in [0.717, 1.165) is 31.7 Å². The molecular weight excluding hydrogens is 224 g/mol. The third kappa shape index (κ3) is 3.47. The van der Waals surface area contributed by atoms with Crippen molar-refractivity contribution < 1.29 is 4.74 Å². The van der Waals surface area contributed by atoms with Crippen LogP contribution in [0.3, 0.4) is 0 Å². The van der Waals surface area contributed by atoms with Crippen LogP contribution in [0.5, 0.6) is 5.75 Å². The van der Waals surface area contributed by atoms with Crippen LogP contribution in [0, 0.1) is 0 Å². The highest BCUT2D eigenvalue weighted by Gasteiger charge is 2.22. The lowest BCUT2D eigenvalue weighted by Gasteiger charge is -2.20. The van der Waals surface area contributed by atoms with Crippen molar-refractivity contribution in [2.75, 3.05) is 13.2 Å². The Morgan fingerprint density at radius 3 is 2.78 bits per heavy atom. The van der Waals surface area contributed by atoms with Crippen LogP contribution in [0.4, 0.5) is 0 Å². The van der Waals surface area contributed by atoms with Crippen molar-refractivity contribution in [2.24, 2.45) is 5.73 Å². The largest absolute Gasteiger partial charge is 0.494 e. The maximum Gasteiger partial charge on any atom is 0.119 e. The minimum Gasteiger partial charge on any atom is -0.494 e. The maximum absolute atomic E-state index is 6.27. The van der Waals surface area contributed by atoms with Gasteiger partial charge in [0.25, 0.3) is 0 Å². The van der Waals surface area contributed by atoms with E-state index in [-0.39, 0.29) is 6.04 Å². The molecule has 2 unspecified atom stereocenters. The maximum atomic E-state index is 6.27. The first kappa shape index (κ1) is 13.4. The summed E-state index contributed by atoms with van der Waals surface area (Å²) in [4.78, 5) is 0. The minimum absolute atomic E-state index is 0.0946. The second kappa shape index (κ2) is 6.76. The summed E-state index contributed by atoms with van der Waals surface area (Å²) in [6.45, 7) is 4.06. The Hall–Kier alpha value is -1.06. The molecule has 1 heterocycles. The average Bonchev–Trinajstić information content (AvgIpc) is 2.93. The van der Waals surface area contributed by atoms with Crippen molar-refractivity contribution in [2.45, 2.75) is 44.7 Å². The molecular formula is C15H24N2O. The Kier molecular flexibility index (Phi) is 5.02. The molecule has 2 rings (SSSR count). The van der Waals surface area contributed by atoms with Crippen molar-refractivity contribution >= 4 is 0 Å². The Morgan fingerprint density at radius 1 is 1.39 bits per heavy atom. The van der Waals surface area contributed by atoms with E-state index in [1.54, 1.807) is 0 Å². The van der Waals surface area contributed by atoms with Gasteiger partial charge in [0.15, 0.2) is 0 Å². The summed E-state index contributed by atoms with van der Waals surface area (Å²) < 4.78 is 5.65. The highest BCUT2D eigenvalue weighted by molar-refractivity contribution is 5.30. The molecule has 1 aromatic rings. The van der Waals surface area contributed by atoms with E-state index in [2.05, 4.69) is 24.4 Å². The van der Waals surface area contributed by atoms with Gasteiger partial charge >= 0.3 is 0 Å². The zero-order valence-electron chi connectivity index (χ0n) is 11.2. The Balaban J connectivity index is 1.89. The third-order valence-electron chi connectivity index (χ3n) is 3.56. The first-order valence-corrected chi connectivity index (χ1v) is 7.03. The summed E-state index contributed by atoms with van der Waals surface area (Å²) in [7, 11) is 0. The van der Waals surface area contributed by atoms with E-state index in [1.165, 1.54) is 18.4 Å². The van der Waals surface area contributed by atoms with Gasteiger partial charge in [-0.05, 0) is 43.5 Å². The van der Waals surface area contributed by atoms with Crippen LogP contribution in [0.15, 0.2) is 24.3 Å². The Labute approximate surface area is 110 Å². The molecule has 0 saturated carbocycles. The summed E-state index contributed by atoms with van der Waals surface area (Å²) in [5.74, 6) is 0.943. The number of nitrogens with one attached hydrogen (secondary N) is 1. The number of ether oxygens (including phenoxy) is 1. The lowest BCUT2D eigenvalue weighted by molar-refractivity contribution is 0.309. The van der Waals surface area contributed by atoms with Crippen LogP contribution in [-0.4, -0.2) is 19.2 Å². The fraction of sp³-hybridized carbons (Fsp3) is 0.600. The molecule has 0 aromatic heterocycles. The van der Waals surface area contributed by atoms with Gasteiger partial charge in [0, 0.05) is 12.1 Å². The van der Waals surface area contributed by atoms with E-state index >= 15 is 0 Å². The molecule has 1 aliphatic rings. The second-order valence-corrected chi connectivity index (χ2v) is 5.00. The van der Waals surface area contributed by atoms with Crippen LogP contribution in [0.1, 0.15) is 44.2 Å². The quantitative estimate of drug-likeness (QED) is 0.761. The summed E-state index contributed by atoms with van der Waals surface area (Å²) >= 11 is 0. The number of hydrogen-bond donors (Lipinski definition) is 2. The normalized spacial score (nSPS) is 20.9. The van der Waals surface area contributed by atoms with Gasteiger partial charge in [0.05, 0.1) is 6.61 Å².